The Labute approximate surface area is 103 Å². The number of nitro benzene ring substituents is 1. The number of anilines is 1. The van der Waals surface area contributed by atoms with Crippen LogP contribution in [-0.4, -0.2) is 14.7 Å². The van der Waals surface area contributed by atoms with Crippen molar-refractivity contribution in [1.82, 2.24) is 9.78 Å². The molecule has 0 radical (unpaired) electrons. The predicted molar refractivity (Wildman–Crippen MR) is 67.0 cm³/mol. The number of nitro groups is 1. The largest absolute Gasteiger partial charge is 0.318 e. The fraction of sp³-hybridized carbons (Fsp3) is 0.182. The first-order chi connectivity index (χ1) is 8.61. The average Bonchev–Trinajstić information content (AvgIpc) is 2.75. The van der Waals surface area contributed by atoms with Crippen molar-refractivity contribution in [2.45, 2.75) is 13.5 Å². The van der Waals surface area contributed by atoms with E-state index in [1.807, 2.05) is 13.0 Å². The van der Waals surface area contributed by atoms with Gasteiger partial charge in [-0.3, -0.25) is 20.6 Å². The minimum absolute atomic E-state index is 0.0418. The molecule has 0 aliphatic heterocycles. The fourth-order valence-corrected chi connectivity index (χ4v) is 1.69. The molecular weight excluding hydrogens is 234 g/mol. The van der Waals surface area contributed by atoms with E-state index in [0.717, 1.165) is 11.3 Å². The summed E-state index contributed by atoms with van der Waals surface area (Å²) in [6, 6.07) is 6.75. The number of hydrazine groups is 1. The molecule has 0 saturated carbocycles. The van der Waals surface area contributed by atoms with Crippen LogP contribution >= 0.6 is 0 Å². The summed E-state index contributed by atoms with van der Waals surface area (Å²) in [7, 11) is 0. The van der Waals surface area contributed by atoms with Crippen LogP contribution in [0.5, 0.6) is 0 Å². The van der Waals surface area contributed by atoms with Gasteiger partial charge in [0.05, 0.1) is 11.5 Å². The molecule has 0 fully saturated rings. The maximum Gasteiger partial charge on any atom is 0.293 e. The third kappa shape index (κ3) is 2.30. The van der Waals surface area contributed by atoms with Gasteiger partial charge in [0.2, 0.25) is 0 Å². The summed E-state index contributed by atoms with van der Waals surface area (Å²) < 4.78 is 1.77. The van der Waals surface area contributed by atoms with Gasteiger partial charge in [-0.05, 0) is 24.6 Å². The Morgan fingerprint density at radius 1 is 1.50 bits per heavy atom. The van der Waals surface area contributed by atoms with Crippen LogP contribution in [0, 0.1) is 17.0 Å². The fourth-order valence-electron chi connectivity index (χ4n) is 1.69. The zero-order valence-electron chi connectivity index (χ0n) is 9.83. The second-order valence-corrected chi connectivity index (χ2v) is 3.88. The Bertz CT molecular complexity index is 579. The lowest BCUT2D eigenvalue weighted by atomic mass is 10.1. The first-order valence-corrected chi connectivity index (χ1v) is 5.34. The van der Waals surface area contributed by atoms with E-state index in [2.05, 4.69) is 10.5 Å². The topological polar surface area (TPSA) is 99.0 Å². The van der Waals surface area contributed by atoms with Gasteiger partial charge >= 0.3 is 0 Å². The van der Waals surface area contributed by atoms with Crippen molar-refractivity contribution in [1.29, 1.82) is 0 Å². The highest BCUT2D eigenvalue weighted by Crippen LogP contribution is 2.24. The molecule has 1 aromatic carbocycles. The van der Waals surface area contributed by atoms with Gasteiger partial charge in [0.1, 0.15) is 5.69 Å². The number of aryl methyl sites for hydroxylation is 1. The smallest absolute Gasteiger partial charge is 0.293 e. The molecule has 94 valence electrons. The molecule has 0 aliphatic carbocycles. The molecule has 0 unspecified atom stereocenters. The van der Waals surface area contributed by atoms with Crippen LogP contribution in [-0.2, 0) is 6.54 Å². The van der Waals surface area contributed by atoms with Crippen LogP contribution in [0.4, 0.5) is 11.4 Å². The Kier molecular flexibility index (Phi) is 3.24. The maximum atomic E-state index is 10.9. The normalized spacial score (nSPS) is 10.3. The molecule has 7 heteroatoms. The Morgan fingerprint density at radius 2 is 2.28 bits per heavy atom. The summed E-state index contributed by atoms with van der Waals surface area (Å²) in [6.45, 7) is 2.42. The van der Waals surface area contributed by atoms with Crippen LogP contribution in [0.15, 0.2) is 30.5 Å². The highest BCUT2D eigenvalue weighted by Gasteiger charge is 2.14. The van der Waals surface area contributed by atoms with Crippen LogP contribution in [0.3, 0.4) is 0 Å². The number of benzene rings is 1. The maximum absolute atomic E-state index is 10.9. The van der Waals surface area contributed by atoms with Crippen molar-refractivity contribution in [3.8, 4) is 0 Å². The van der Waals surface area contributed by atoms with Gasteiger partial charge in [-0.1, -0.05) is 6.07 Å². The van der Waals surface area contributed by atoms with Crippen molar-refractivity contribution in [2.75, 3.05) is 5.43 Å². The van der Waals surface area contributed by atoms with Gasteiger partial charge < -0.3 is 5.43 Å². The van der Waals surface area contributed by atoms with E-state index in [0.29, 0.717) is 12.2 Å². The number of hydrogen-bond acceptors (Lipinski definition) is 5. The monoisotopic (exact) mass is 247 g/mol. The highest BCUT2D eigenvalue weighted by atomic mass is 16.6. The number of hydrogen-bond donors (Lipinski definition) is 2. The standard InChI is InChI=1S/C11H13N5O2/c1-8-4-5-13-15(8)7-9-2-3-10(14-12)11(6-9)16(17)18/h2-6,14H,7,12H2,1H3. The van der Waals surface area contributed by atoms with Gasteiger partial charge in [0.15, 0.2) is 0 Å². The van der Waals surface area contributed by atoms with Crippen LogP contribution in [0.1, 0.15) is 11.3 Å². The van der Waals surface area contributed by atoms with Crippen LogP contribution in [0.25, 0.3) is 0 Å². The highest BCUT2D eigenvalue weighted by molar-refractivity contribution is 5.61. The van der Waals surface area contributed by atoms with Crippen molar-refractivity contribution >= 4 is 11.4 Å². The van der Waals surface area contributed by atoms with E-state index in [-0.39, 0.29) is 5.69 Å². The second kappa shape index (κ2) is 4.84. The summed E-state index contributed by atoms with van der Waals surface area (Å²) in [5, 5.41) is 15.0. The summed E-state index contributed by atoms with van der Waals surface area (Å²) in [4.78, 5) is 10.4. The first-order valence-electron chi connectivity index (χ1n) is 5.34. The minimum atomic E-state index is -0.464. The molecule has 7 nitrogen and oxygen atoms in total. The lowest BCUT2D eigenvalue weighted by molar-refractivity contribution is -0.384. The minimum Gasteiger partial charge on any atom is -0.318 e. The molecule has 0 bridgehead atoms. The summed E-state index contributed by atoms with van der Waals surface area (Å²) in [5.41, 5.74) is 4.36. The molecule has 0 atom stereocenters. The third-order valence-electron chi connectivity index (χ3n) is 2.68. The molecule has 0 amide bonds. The first kappa shape index (κ1) is 12.1. The quantitative estimate of drug-likeness (QED) is 0.483. The van der Waals surface area contributed by atoms with E-state index in [4.69, 9.17) is 5.84 Å². The van der Waals surface area contributed by atoms with E-state index < -0.39 is 4.92 Å². The number of nitrogens with zero attached hydrogens (tertiary/aromatic N) is 3. The molecule has 0 aliphatic rings. The van der Waals surface area contributed by atoms with E-state index in [9.17, 15) is 10.1 Å². The van der Waals surface area contributed by atoms with Crippen LogP contribution in [0.2, 0.25) is 0 Å². The molecule has 3 N–H and O–H groups in total. The number of nitrogens with one attached hydrogen (secondary N) is 1. The lowest BCUT2D eigenvalue weighted by Gasteiger charge is -2.07. The average molecular weight is 247 g/mol. The molecular formula is C11H13N5O2. The van der Waals surface area contributed by atoms with Crippen molar-refractivity contribution in [3.05, 3.63) is 51.8 Å². The molecule has 18 heavy (non-hydrogen) atoms. The van der Waals surface area contributed by atoms with Gasteiger partial charge in [-0.15, -0.1) is 0 Å². The van der Waals surface area contributed by atoms with Gasteiger partial charge in [0, 0.05) is 18.0 Å². The number of rotatable bonds is 4. The Morgan fingerprint density at radius 3 is 2.83 bits per heavy atom. The molecule has 1 heterocycles. The number of nitrogens with two attached hydrogens (primary N) is 1. The molecule has 0 saturated heterocycles. The SMILES string of the molecule is Cc1ccnn1Cc1ccc(NN)c([N+](=O)[O-])c1. The van der Waals surface area contributed by atoms with E-state index in [1.165, 1.54) is 6.07 Å². The third-order valence-corrected chi connectivity index (χ3v) is 2.68. The summed E-state index contributed by atoms with van der Waals surface area (Å²) in [6.07, 6.45) is 1.69. The van der Waals surface area contributed by atoms with Crippen molar-refractivity contribution in [3.63, 3.8) is 0 Å². The number of aromatic nitrogens is 2. The zero-order chi connectivity index (χ0) is 13.1. The van der Waals surface area contributed by atoms with Gasteiger partial charge in [-0.2, -0.15) is 5.10 Å². The molecule has 0 spiro atoms. The van der Waals surface area contributed by atoms with Crippen molar-refractivity contribution in [2.24, 2.45) is 5.84 Å². The summed E-state index contributed by atoms with van der Waals surface area (Å²) in [5.74, 6) is 5.23. The van der Waals surface area contributed by atoms with Gasteiger partial charge in [-0.25, -0.2) is 0 Å². The lowest BCUT2D eigenvalue weighted by Crippen LogP contribution is -2.10. The van der Waals surface area contributed by atoms with Gasteiger partial charge in [0.25, 0.3) is 5.69 Å². The van der Waals surface area contributed by atoms with Crippen LogP contribution < -0.4 is 11.3 Å². The Hall–Kier alpha value is -2.41. The van der Waals surface area contributed by atoms with Crippen molar-refractivity contribution < 1.29 is 4.92 Å². The summed E-state index contributed by atoms with van der Waals surface area (Å²) >= 11 is 0. The predicted octanol–water partition coefficient (Wildman–Crippen LogP) is 1.43. The Balaban J connectivity index is 2.33. The van der Waals surface area contributed by atoms with E-state index >= 15 is 0 Å². The molecule has 2 rings (SSSR count). The van der Waals surface area contributed by atoms with E-state index in [1.54, 1.807) is 23.0 Å². The molecule has 1 aromatic heterocycles. The number of nitrogen functional groups attached to an aromatic ring is 1. The zero-order valence-corrected chi connectivity index (χ0v) is 9.83. The second-order valence-electron chi connectivity index (χ2n) is 3.88. The molecule has 2 aromatic rings.